The van der Waals surface area contributed by atoms with Crippen LogP contribution in [-0.2, 0) is 6.54 Å². The van der Waals surface area contributed by atoms with Crippen molar-refractivity contribution in [1.82, 2.24) is 9.78 Å². The molecule has 1 aromatic heterocycles. The van der Waals surface area contributed by atoms with Crippen LogP contribution in [0.1, 0.15) is 32.8 Å². The Morgan fingerprint density at radius 3 is 2.88 bits per heavy atom. The Labute approximate surface area is 94.9 Å². The zero-order valence-electron chi connectivity index (χ0n) is 9.88. The van der Waals surface area contributed by atoms with Crippen LogP contribution in [0.3, 0.4) is 0 Å². The average Bonchev–Trinajstić information content (AvgIpc) is 2.61. The minimum absolute atomic E-state index is 0.0930. The first-order valence-corrected chi connectivity index (χ1v) is 5.43. The molecule has 0 aliphatic heterocycles. The Hall–Kier alpha value is -1.65. The molecule has 0 saturated carbocycles. The Morgan fingerprint density at radius 1 is 1.69 bits per heavy atom. The van der Waals surface area contributed by atoms with Gasteiger partial charge in [0.05, 0.1) is 11.1 Å². The van der Waals surface area contributed by atoms with Crippen LogP contribution in [0.15, 0.2) is 18.1 Å². The van der Waals surface area contributed by atoms with Crippen molar-refractivity contribution in [3.05, 3.63) is 33.8 Å². The highest BCUT2D eigenvalue weighted by atomic mass is 16.6. The van der Waals surface area contributed by atoms with Crippen molar-refractivity contribution >= 4 is 6.08 Å². The SMILES string of the molecule is CCCn1cc(/C=C(/C(C)C)[N+](=O)[O-])cn1. The molecule has 0 saturated heterocycles. The molecule has 5 heteroatoms. The van der Waals surface area contributed by atoms with Gasteiger partial charge >= 0.3 is 0 Å². The summed E-state index contributed by atoms with van der Waals surface area (Å²) in [6.45, 7) is 6.52. The van der Waals surface area contributed by atoms with Gasteiger partial charge in [-0.2, -0.15) is 5.10 Å². The zero-order chi connectivity index (χ0) is 12.1. The van der Waals surface area contributed by atoms with Gasteiger partial charge in [0.25, 0.3) is 0 Å². The van der Waals surface area contributed by atoms with E-state index in [2.05, 4.69) is 12.0 Å². The third-order valence-electron chi connectivity index (χ3n) is 2.22. The van der Waals surface area contributed by atoms with Gasteiger partial charge in [0.1, 0.15) is 0 Å². The molecule has 1 aromatic rings. The monoisotopic (exact) mass is 223 g/mol. The molecule has 1 rings (SSSR count). The first-order valence-electron chi connectivity index (χ1n) is 5.43. The summed E-state index contributed by atoms with van der Waals surface area (Å²) in [4.78, 5) is 10.5. The molecular weight excluding hydrogens is 206 g/mol. The van der Waals surface area contributed by atoms with Crippen molar-refractivity contribution in [3.8, 4) is 0 Å². The van der Waals surface area contributed by atoms with E-state index in [4.69, 9.17) is 0 Å². The van der Waals surface area contributed by atoms with Crippen LogP contribution in [0.4, 0.5) is 0 Å². The number of nitro groups is 1. The number of hydrogen-bond acceptors (Lipinski definition) is 3. The van der Waals surface area contributed by atoms with Crippen LogP contribution in [0, 0.1) is 16.0 Å². The molecule has 0 spiro atoms. The average molecular weight is 223 g/mol. The molecule has 16 heavy (non-hydrogen) atoms. The molecule has 0 amide bonds. The summed E-state index contributed by atoms with van der Waals surface area (Å²) >= 11 is 0. The summed E-state index contributed by atoms with van der Waals surface area (Å²) in [5.41, 5.74) is 1.00. The van der Waals surface area contributed by atoms with Gasteiger partial charge in [-0.05, 0) is 6.42 Å². The van der Waals surface area contributed by atoms with Gasteiger partial charge in [-0.15, -0.1) is 0 Å². The van der Waals surface area contributed by atoms with Crippen molar-refractivity contribution in [1.29, 1.82) is 0 Å². The summed E-state index contributed by atoms with van der Waals surface area (Å²) in [6, 6.07) is 0. The molecule has 0 N–H and O–H groups in total. The highest BCUT2D eigenvalue weighted by Crippen LogP contribution is 2.14. The van der Waals surface area contributed by atoms with E-state index in [1.54, 1.807) is 17.0 Å². The highest BCUT2D eigenvalue weighted by Gasteiger charge is 2.15. The number of rotatable bonds is 5. The maximum absolute atomic E-state index is 10.8. The quantitative estimate of drug-likeness (QED) is 0.569. The van der Waals surface area contributed by atoms with Gasteiger partial charge in [-0.3, -0.25) is 14.8 Å². The Kier molecular flexibility index (Phi) is 4.22. The lowest BCUT2D eigenvalue weighted by Gasteiger charge is -2.00. The summed E-state index contributed by atoms with van der Waals surface area (Å²) in [6.07, 6.45) is 6.07. The third-order valence-corrected chi connectivity index (χ3v) is 2.22. The lowest BCUT2D eigenvalue weighted by Crippen LogP contribution is -2.05. The number of allylic oxidation sites excluding steroid dienone is 1. The molecule has 1 heterocycles. The van der Waals surface area contributed by atoms with E-state index in [1.807, 2.05) is 20.0 Å². The van der Waals surface area contributed by atoms with Gasteiger partial charge in [-0.25, -0.2) is 0 Å². The number of aryl methyl sites for hydroxylation is 1. The second kappa shape index (κ2) is 5.44. The Morgan fingerprint density at radius 2 is 2.38 bits per heavy atom. The van der Waals surface area contributed by atoms with Crippen LogP contribution in [0.5, 0.6) is 0 Å². The third kappa shape index (κ3) is 3.18. The molecule has 0 atom stereocenters. The van der Waals surface area contributed by atoms with E-state index < -0.39 is 0 Å². The highest BCUT2D eigenvalue weighted by molar-refractivity contribution is 5.49. The molecule has 0 unspecified atom stereocenters. The van der Waals surface area contributed by atoms with E-state index in [9.17, 15) is 10.1 Å². The van der Waals surface area contributed by atoms with Crippen LogP contribution >= 0.6 is 0 Å². The number of nitrogens with zero attached hydrogens (tertiary/aromatic N) is 3. The Balaban J connectivity index is 2.90. The number of aromatic nitrogens is 2. The standard InChI is InChI=1S/C11H17N3O2/c1-4-5-13-8-10(7-12-13)6-11(9(2)3)14(15)16/h6-9H,4-5H2,1-3H3/b11-6-. The van der Waals surface area contributed by atoms with Crippen molar-refractivity contribution < 1.29 is 4.92 Å². The van der Waals surface area contributed by atoms with Crippen LogP contribution in [0.2, 0.25) is 0 Å². The molecule has 88 valence electrons. The van der Waals surface area contributed by atoms with E-state index in [1.165, 1.54) is 0 Å². The molecule has 0 aliphatic rings. The van der Waals surface area contributed by atoms with Crippen molar-refractivity contribution in [2.24, 2.45) is 5.92 Å². The number of hydrogen-bond donors (Lipinski definition) is 0. The van der Waals surface area contributed by atoms with E-state index in [0.29, 0.717) is 0 Å². The van der Waals surface area contributed by atoms with Crippen molar-refractivity contribution in [3.63, 3.8) is 0 Å². The van der Waals surface area contributed by atoms with Gasteiger partial charge in [0.2, 0.25) is 5.70 Å². The van der Waals surface area contributed by atoms with Crippen LogP contribution in [-0.4, -0.2) is 14.7 Å². The molecule has 0 aliphatic carbocycles. The van der Waals surface area contributed by atoms with Gasteiger partial charge in [0, 0.05) is 30.3 Å². The predicted molar refractivity (Wildman–Crippen MR) is 62.3 cm³/mol. The maximum atomic E-state index is 10.8. The first-order chi connectivity index (χ1) is 7.54. The van der Waals surface area contributed by atoms with E-state index in [-0.39, 0.29) is 16.5 Å². The molecule has 0 radical (unpaired) electrons. The molecular formula is C11H17N3O2. The fourth-order valence-corrected chi connectivity index (χ4v) is 1.41. The summed E-state index contributed by atoms with van der Waals surface area (Å²) in [5.74, 6) is -0.0930. The zero-order valence-corrected chi connectivity index (χ0v) is 9.88. The second-order valence-corrected chi connectivity index (χ2v) is 4.02. The Bertz CT molecular complexity index is 394. The molecule has 0 fully saturated rings. The van der Waals surface area contributed by atoms with Gasteiger partial charge in [-0.1, -0.05) is 20.8 Å². The first kappa shape index (κ1) is 12.4. The minimum atomic E-state index is -0.332. The van der Waals surface area contributed by atoms with E-state index >= 15 is 0 Å². The largest absolute Gasteiger partial charge is 0.272 e. The lowest BCUT2D eigenvalue weighted by atomic mass is 10.1. The second-order valence-electron chi connectivity index (χ2n) is 4.02. The summed E-state index contributed by atoms with van der Waals surface area (Å²) in [5, 5.41) is 14.9. The molecule has 0 bridgehead atoms. The lowest BCUT2D eigenvalue weighted by molar-refractivity contribution is -0.431. The maximum Gasteiger partial charge on any atom is 0.249 e. The predicted octanol–water partition coefficient (Wildman–Crippen LogP) is 2.57. The van der Waals surface area contributed by atoms with Crippen LogP contribution in [0.25, 0.3) is 6.08 Å². The topological polar surface area (TPSA) is 61.0 Å². The fourth-order valence-electron chi connectivity index (χ4n) is 1.41. The molecule has 0 aromatic carbocycles. The van der Waals surface area contributed by atoms with Crippen molar-refractivity contribution in [2.45, 2.75) is 33.7 Å². The van der Waals surface area contributed by atoms with E-state index in [0.717, 1.165) is 18.5 Å². The van der Waals surface area contributed by atoms with Crippen molar-refractivity contribution in [2.75, 3.05) is 0 Å². The summed E-state index contributed by atoms with van der Waals surface area (Å²) < 4.78 is 1.80. The van der Waals surface area contributed by atoms with Crippen LogP contribution < -0.4 is 0 Å². The smallest absolute Gasteiger partial charge is 0.249 e. The summed E-state index contributed by atoms with van der Waals surface area (Å²) in [7, 11) is 0. The minimum Gasteiger partial charge on any atom is -0.272 e. The molecule has 5 nitrogen and oxygen atoms in total. The van der Waals surface area contributed by atoms with Gasteiger partial charge < -0.3 is 0 Å². The normalized spacial score (nSPS) is 12.1. The fraction of sp³-hybridized carbons (Fsp3) is 0.545. The van der Waals surface area contributed by atoms with Gasteiger partial charge in [0.15, 0.2) is 0 Å².